The molecule has 0 bridgehead atoms. The van der Waals surface area contributed by atoms with Crippen molar-refractivity contribution < 1.29 is 17.9 Å². The number of sulfone groups is 1. The fourth-order valence-corrected chi connectivity index (χ4v) is 3.35. The zero-order valence-corrected chi connectivity index (χ0v) is 16.7. The highest BCUT2D eigenvalue weighted by atomic mass is 32.2. The Bertz CT molecular complexity index is 1070. The van der Waals surface area contributed by atoms with Gasteiger partial charge in [-0.1, -0.05) is 13.0 Å². The molecule has 1 N–H and O–H groups in total. The van der Waals surface area contributed by atoms with E-state index < -0.39 is 9.84 Å². The molecule has 3 rings (SSSR count). The minimum absolute atomic E-state index is 0.0605. The topological polar surface area (TPSA) is 89.8 Å². The third-order valence-corrected chi connectivity index (χ3v) is 6.00. The van der Waals surface area contributed by atoms with Gasteiger partial charge < -0.3 is 14.5 Å². The van der Waals surface area contributed by atoms with E-state index in [1.165, 1.54) is 0 Å². The Labute approximate surface area is 164 Å². The zero-order valence-electron chi connectivity index (χ0n) is 15.9. The number of amides is 1. The summed E-state index contributed by atoms with van der Waals surface area (Å²) in [5, 5.41) is 2.61. The summed E-state index contributed by atoms with van der Waals surface area (Å²) in [7, 11) is -3.09. The van der Waals surface area contributed by atoms with Gasteiger partial charge in [-0.05, 0) is 42.8 Å². The van der Waals surface area contributed by atoms with Gasteiger partial charge in [0, 0.05) is 30.3 Å². The number of pyridine rings is 1. The molecule has 0 saturated heterocycles. The van der Waals surface area contributed by atoms with Crippen LogP contribution >= 0.6 is 0 Å². The summed E-state index contributed by atoms with van der Waals surface area (Å²) in [4.78, 5) is 16.6. The normalized spacial score (nSPS) is 11.5. The maximum Gasteiger partial charge on any atom is 0.251 e. The molecule has 0 aliphatic carbocycles. The first-order chi connectivity index (χ1) is 13.4. The van der Waals surface area contributed by atoms with Crippen LogP contribution in [-0.2, 0) is 16.4 Å². The fourth-order valence-electron chi connectivity index (χ4n) is 2.65. The number of aromatic nitrogens is 2. The summed E-state index contributed by atoms with van der Waals surface area (Å²) < 4.78 is 30.6. The summed E-state index contributed by atoms with van der Waals surface area (Å²) in [5.41, 5.74) is 3.27. The summed E-state index contributed by atoms with van der Waals surface area (Å²) in [6.07, 6.45) is 3.93. The Hall–Kier alpha value is -2.87. The average Bonchev–Trinajstić information content (AvgIpc) is 3.08. The molecule has 0 saturated carbocycles. The second kappa shape index (κ2) is 8.43. The predicted octanol–water partition coefficient (Wildman–Crippen LogP) is 2.39. The van der Waals surface area contributed by atoms with E-state index in [1.54, 1.807) is 31.2 Å². The molecule has 2 heterocycles. The molecular formula is C20H23N3O4S. The number of ether oxygens (including phenoxy) is 1. The number of imidazole rings is 1. The van der Waals surface area contributed by atoms with Crippen LogP contribution < -0.4 is 10.1 Å². The lowest BCUT2D eigenvalue weighted by molar-refractivity contribution is 0.0956. The lowest BCUT2D eigenvalue weighted by atomic mass is 10.2. The third-order valence-electron chi connectivity index (χ3n) is 4.29. The Morgan fingerprint density at radius 3 is 2.61 bits per heavy atom. The largest absolute Gasteiger partial charge is 0.487 e. The van der Waals surface area contributed by atoms with Crippen LogP contribution in [0.1, 0.15) is 28.5 Å². The molecule has 3 aromatic rings. The number of benzene rings is 1. The molecule has 0 aliphatic heterocycles. The van der Waals surface area contributed by atoms with Gasteiger partial charge >= 0.3 is 0 Å². The number of aryl methyl sites for hydroxylation is 1. The van der Waals surface area contributed by atoms with E-state index in [2.05, 4.69) is 10.3 Å². The summed E-state index contributed by atoms with van der Waals surface area (Å²) in [6.45, 7) is 4.03. The van der Waals surface area contributed by atoms with E-state index in [4.69, 9.17) is 4.74 Å². The van der Waals surface area contributed by atoms with Crippen LogP contribution in [0.25, 0.3) is 5.65 Å². The van der Waals surface area contributed by atoms with Crippen molar-refractivity contribution in [1.82, 2.24) is 14.7 Å². The molecule has 0 spiro atoms. The molecule has 7 nitrogen and oxygen atoms in total. The van der Waals surface area contributed by atoms with Crippen LogP contribution in [0.5, 0.6) is 5.75 Å². The van der Waals surface area contributed by atoms with Crippen molar-refractivity contribution in [3.8, 4) is 5.75 Å². The van der Waals surface area contributed by atoms with Gasteiger partial charge in [0.15, 0.2) is 9.84 Å². The molecule has 28 heavy (non-hydrogen) atoms. The van der Waals surface area contributed by atoms with Crippen LogP contribution in [0.15, 0.2) is 48.8 Å². The van der Waals surface area contributed by atoms with Gasteiger partial charge in [-0.2, -0.15) is 0 Å². The van der Waals surface area contributed by atoms with Crippen LogP contribution in [0.2, 0.25) is 0 Å². The minimum Gasteiger partial charge on any atom is -0.487 e. The number of carbonyl (C=O) groups is 1. The van der Waals surface area contributed by atoms with Crippen molar-refractivity contribution in [3.63, 3.8) is 0 Å². The summed E-state index contributed by atoms with van der Waals surface area (Å²) >= 11 is 0. The maximum atomic E-state index is 12.1. The first-order valence-electron chi connectivity index (χ1n) is 9.02. The van der Waals surface area contributed by atoms with E-state index in [0.717, 1.165) is 16.9 Å². The zero-order chi connectivity index (χ0) is 20.1. The Morgan fingerprint density at radius 1 is 1.14 bits per heavy atom. The molecule has 148 valence electrons. The van der Waals surface area contributed by atoms with E-state index in [-0.39, 0.29) is 24.0 Å². The Morgan fingerprint density at radius 2 is 1.89 bits per heavy atom. The molecule has 8 heteroatoms. The van der Waals surface area contributed by atoms with Crippen LogP contribution in [0.4, 0.5) is 0 Å². The average molecular weight is 401 g/mol. The number of fused-ring (bicyclic) bond motifs is 1. The monoisotopic (exact) mass is 401 g/mol. The fraction of sp³-hybridized carbons (Fsp3) is 0.300. The van der Waals surface area contributed by atoms with E-state index in [0.29, 0.717) is 17.9 Å². The first-order valence-corrected chi connectivity index (χ1v) is 10.8. The molecule has 0 unspecified atom stereocenters. The van der Waals surface area contributed by atoms with Crippen molar-refractivity contribution in [2.45, 2.75) is 20.5 Å². The highest BCUT2D eigenvalue weighted by Crippen LogP contribution is 2.15. The van der Waals surface area contributed by atoms with Crippen LogP contribution in [0.3, 0.4) is 0 Å². The van der Waals surface area contributed by atoms with Gasteiger partial charge in [-0.15, -0.1) is 0 Å². The number of rotatable bonds is 8. The van der Waals surface area contributed by atoms with Crippen molar-refractivity contribution in [2.75, 3.05) is 18.1 Å². The first kappa shape index (κ1) is 19.9. The number of nitrogens with one attached hydrogen (secondary N) is 1. The van der Waals surface area contributed by atoms with Crippen molar-refractivity contribution in [3.05, 3.63) is 65.6 Å². The summed E-state index contributed by atoms with van der Waals surface area (Å²) in [5.74, 6) is 0.322. The van der Waals surface area contributed by atoms with Gasteiger partial charge in [-0.3, -0.25) is 4.79 Å². The highest BCUT2D eigenvalue weighted by molar-refractivity contribution is 7.91. The Kier molecular flexibility index (Phi) is 5.99. The van der Waals surface area contributed by atoms with Crippen molar-refractivity contribution >= 4 is 21.4 Å². The van der Waals surface area contributed by atoms with Crippen molar-refractivity contribution in [1.29, 1.82) is 0 Å². The third kappa shape index (κ3) is 5.10. The van der Waals surface area contributed by atoms with Crippen molar-refractivity contribution in [2.24, 2.45) is 0 Å². The molecule has 1 amide bonds. The number of carbonyl (C=O) groups excluding carboxylic acids is 1. The highest BCUT2D eigenvalue weighted by Gasteiger charge is 2.10. The summed E-state index contributed by atoms with van der Waals surface area (Å²) in [6, 6.07) is 10.7. The number of hydrogen-bond acceptors (Lipinski definition) is 5. The standard InChI is InChI=1S/C20H23N3O4S/c1-3-28(25,26)11-10-21-20(24)16-5-7-18(8-6-16)27-14-17-13-23-12-15(2)4-9-19(23)22-17/h4-9,12-13H,3,10-11,14H2,1-2H3,(H,21,24). The quantitative estimate of drug-likeness (QED) is 0.626. The lowest BCUT2D eigenvalue weighted by Gasteiger charge is -2.07. The van der Waals surface area contributed by atoms with Crippen LogP contribution in [-0.4, -0.2) is 41.8 Å². The molecule has 0 radical (unpaired) electrons. The smallest absolute Gasteiger partial charge is 0.251 e. The molecule has 0 aliphatic rings. The van der Waals surface area contributed by atoms with E-state index >= 15 is 0 Å². The molecule has 0 fully saturated rings. The SMILES string of the molecule is CCS(=O)(=O)CCNC(=O)c1ccc(OCc2cn3cc(C)ccc3n2)cc1. The van der Waals surface area contributed by atoms with Gasteiger partial charge in [0.1, 0.15) is 18.0 Å². The maximum absolute atomic E-state index is 12.1. The van der Waals surface area contributed by atoms with E-state index in [1.807, 2.05) is 35.9 Å². The van der Waals surface area contributed by atoms with Gasteiger partial charge in [0.05, 0.1) is 11.4 Å². The van der Waals surface area contributed by atoms with Gasteiger partial charge in [-0.25, -0.2) is 13.4 Å². The van der Waals surface area contributed by atoms with Gasteiger partial charge in [0.25, 0.3) is 5.91 Å². The molecule has 2 aromatic heterocycles. The van der Waals surface area contributed by atoms with Crippen LogP contribution in [0, 0.1) is 6.92 Å². The second-order valence-electron chi connectivity index (χ2n) is 6.51. The van der Waals surface area contributed by atoms with E-state index in [9.17, 15) is 13.2 Å². The second-order valence-corrected chi connectivity index (χ2v) is 8.98. The minimum atomic E-state index is -3.09. The number of hydrogen-bond donors (Lipinski definition) is 1. The Balaban J connectivity index is 1.54. The molecule has 1 aromatic carbocycles. The lowest BCUT2D eigenvalue weighted by Crippen LogP contribution is -2.29. The molecule has 0 atom stereocenters. The molecular weight excluding hydrogens is 378 g/mol. The predicted molar refractivity (Wildman–Crippen MR) is 107 cm³/mol. The van der Waals surface area contributed by atoms with Gasteiger partial charge in [0.2, 0.25) is 0 Å². The number of nitrogens with zero attached hydrogens (tertiary/aromatic N) is 2.